The van der Waals surface area contributed by atoms with E-state index in [4.69, 9.17) is 17.3 Å². The second-order valence-corrected chi connectivity index (χ2v) is 19.9. The molecule has 0 fully saturated rings. The molecule has 220 valence electrons. The fourth-order valence-electron chi connectivity index (χ4n) is 4.35. The van der Waals surface area contributed by atoms with Crippen molar-refractivity contribution in [3.05, 3.63) is 72.3 Å². The van der Waals surface area contributed by atoms with Crippen molar-refractivity contribution in [3.63, 3.8) is 0 Å². The van der Waals surface area contributed by atoms with E-state index in [9.17, 15) is 9.59 Å². The summed E-state index contributed by atoms with van der Waals surface area (Å²) in [6, 6.07) is 15.7. The van der Waals surface area contributed by atoms with E-state index in [1.54, 1.807) is 24.3 Å². The lowest BCUT2D eigenvalue weighted by Crippen LogP contribution is -2.31. The van der Waals surface area contributed by atoms with Gasteiger partial charge in [-0.3, -0.25) is 0 Å². The first-order valence-corrected chi connectivity index (χ1v) is 19.2. The number of hydrogen-bond donors (Lipinski definition) is 0. The Morgan fingerprint density at radius 2 is 1.43 bits per heavy atom. The molecule has 0 saturated heterocycles. The van der Waals surface area contributed by atoms with Crippen LogP contribution in [-0.2, 0) is 9.47 Å². The van der Waals surface area contributed by atoms with Crippen molar-refractivity contribution < 1.29 is 19.1 Å². The molecule has 7 heteroatoms. The van der Waals surface area contributed by atoms with Gasteiger partial charge in [-0.1, -0.05) is 39.0 Å². The van der Waals surface area contributed by atoms with E-state index >= 15 is 0 Å². The number of hydrogen-bond acceptors (Lipinski definition) is 4. The topological polar surface area (TPSA) is 52.6 Å². The molecule has 0 heterocycles. The molecule has 0 aliphatic rings. The SMILES string of the molecule is [B]C(C)(CCCC=C)S(C)(C)c1ccc(S(C)(C)CCCOC(=O)c2ccccc2C(=O)OCCC(C)C)cc1. The van der Waals surface area contributed by atoms with Gasteiger partial charge in [-0.15, -0.1) is 6.58 Å². The van der Waals surface area contributed by atoms with E-state index in [1.165, 1.54) is 9.79 Å². The highest BCUT2D eigenvalue weighted by atomic mass is 32.3. The zero-order chi connectivity index (χ0) is 30.0. The van der Waals surface area contributed by atoms with Crippen LogP contribution in [0.2, 0.25) is 0 Å². The average molecular weight is 585 g/mol. The van der Waals surface area contributed by atoms with Crippen LogP contribution in [0.3, 0.4) is 0 Å². The van der Waals surface area contributed by atoms with Gasteiger partial charge >= 0.3 is 11.9 Å². The Hall–Kier alpha value is -2.12. The molecule has 0 amide bonds. The van der Waals surface area contributed by atoms with Crippen LogP contribution in [-0.4, -0.2) is 68.4 Å². The molecule has 0 aromatic heterocycles. The summed E-state index contributed by atoms with van der Waals surface area (Å²) in [4.78, 5) is 28.0. The van der Waals surface area contributed by atoms with Gasteiger partial charge in [-0.25, -0.2) is 29.6 Å². The van der Waals surface area contributed by atoms with Gasteiger partial charge in [0.1, 0.15) is 0 Å². The van der Waals surface area contributed by atoms with Crippen LogP contribution in [0.4, 0.5) is 0 Å². The summed E-state index contributed by atoms with van der Waals surface area (Å²) < 4.78 is 10.7. The molecular formula is C33H49BO4S2. The van der Waals surface area contributed by atoms with E-state index < -0.39 is 32.0 Å². The maximum Gasteiger partial charge on any atom is 0.339 e. The van der Waals surface area contributed by atoms with Crippen LogP contribution < -0.4 is 0 Å². The standard InChI is InChI=1S/C33H49BO4S2/c1-9-10-13-22-33(4,34)40(7,8)28-19-17-27(18-20-28)39(5,6)25-14-23-37-31(35)29-15-11-12-16-30(29)32(36)38-24-21-26(2)3/h9,11-12,15-20,26H,1,10,13-14,21-25H2,2-8H3. The highest BCUT2D eigenvalue weighted by Crippen LogP contribution is 2.61. The van der Waals surface area contributed by atoms with Crippen molar-refractivity contribution in [1.82, 2.24) is 0 Å². The molecule has 1 atom stereocenters. The zero-order valence-electron chi connectivity index (χ0n) is 25.7. The molecule has 2 aromatic carbocycles. The monoisotopic (exact) mass is 584 g/mol. The number of esters is 2. The fraction of sp³-hybridized carbons (Fsp3) is 0.515. The summed E-state index contributed by atoms with van der Waals surface area (Å²) in [6.45, 7) is 10.8. The lowest BCUT2D eigenvalue weighted by molar-refractivity contribution is 0.0449. The molecule has 4 nitrogen and oxygen atoms in total. The minimum Gasteiger partial charge on any atom is -0.462 e. The summed E-state index contributed by atoms with van der Waals surface area (Å²) in [5.41, 5.74) is 0.502. The molecule has 40 heavy (non-hydrogen) atoms. The summed E-state index contributed by atoms with van der Waals surface area (Å²) in [6.07, 6.45) is 15.7. The minimum atomic E-state index is -1.19. The highest BCUT2D eigenvalue weighted by Gasteiger charge is 2.33. The van der Waals surface area contributed by atoms with Crippen LogP contribution in [0.1, 0.15) is 73.6 Å². The molecule has 0 saturated carbocycles. The molecular weight excluding hydrogens is 535 g/mol. The normalized spacial score (nSPS) is 14.3. The zero-order valence-corrected chi connectivity index (χ0v) is 27.3. The predicted octanol–water partition coefficient (Wildman–Crippen LogP) is 8.22. The van der Waals surface area contributed by atoms with Gasteiger partial charge in [-0.2, -0.15) is 0 Å². The maximum absolute atomic E-state index is 12.8. The minimum absolute atomic E-state index is 0.243. The van der Waals surface area contributed by atoms with Crippen LogP contribution in [0.15, 0.2) is 71.0 Å². The summed E-state index contributed by atoms with van der Waals surface area (Å²) in [7, 11) is 4.57. The number of rotatable bonds is 16. The number of benzene rings is 2. The molecule has 2 radical (unpaired) electrons. The molecule has 0 N–H and O–H groups in total. The molecule has 1 unspecified atom stereocenters. The second kappa shape index (κ2) is 15.2. The number of unbranched alkanes of at least 4 members (excludes halogenated alkanes) is 1. The van der Waals surface area contributed by atoms with E-state index in [1.807, 2.05) is 6.08 Å². The Morgan fingerprint density at radius 3 is 1.95 bits per heavy atom. The smallest absolute Gasteiger partial charge is 0.339 e. The summed E-state index contributed by atoms with van der Waals surface area (Å²) in [5.74, 6) is 0.394. The quantitative estimate of drug-likeness (QED) is 0.0863. The Kier molecular flexibility index (Phi) is 13.0. The van der Waals surface area contributed by atoms with Crippen molar-refractivity contribution in [2.24, 2.45) is 5.92 Å². The van der Waals surface area contributed by atoms with Crippen LogP contribution in [0.25, 0.3) is 0 Å². The van der Waals surface area contributed by atoms with E-state index in [0.717, 1.165) is 37.9 Å². The Bertz CT molecular complexity index is 1120. The summed E-state index contributed by atoms with van der Waals surface area (Å²) >= 11 is 0. The van der Waals surface area contributed by atoms with Gasteiger partial charge in [0.25, 0.3) is 0 Å². The Balaban J connectivity index is 1.95. The van der Waals surface area contributed by atoms with Crippen molar-refractivity contribution >= 4 is 39.8 Å². The van der Waals surface area contributed by atoms with Crippen LogP contribution in [0.5, 0.6) is 0 Å². The Morgan fingerprint density at radius 1 is 0.900 bits per heavy atom. The van der Waals surface area contributed by atoms with Gasteiger partial charge in [0.15, 0.2) is 0 Å². The lowest BCUT2D eigenvalue weighted by Gasteiger charge is -2.48. The van der Waals surface area contributed by atoms with Crippen LogP contribution in [0, 0.1) is 5.92 Å². The van der Waals surface area contributed by atoms with Gasteiger partial charge in [-0.05, 0) is 120 Å². The predicted molar refractivity (Wildman–Crippen MR) is 176 cm³/mol. The molecule has 0 aliphatic carbocycles. The lowest BCUT2D eigenvalue weighted by atomic mass is 9.83. The third kappa shape index (κ3) is 9.48. The third-order valence-electron chi connectivity index (χ3n) is 7.63. The first kappa shape index (κ1) is 34.1. The highest BCUT2D eigenvalue weighted by molar-refractivity contribution is 8.34. The van der Waals surface area contributed by atoms with E-state index in [0.29, 0.717) is 19.1 Å². The van der Waals surface area contributed by atoms with Gasteiger partial charge in [0, 0.05) is 0 Å². The van der Waals surface area contributed by atoms with Gasteiger partial charge in [0.2, 0.25) is 0 Å². The van der Waals surface area contributed by atoms with Gasteiger partial charge < -0.3 is 9.47 Å². The molecule has 0 spiro atoms. The van der Waals surface area contributed by atoms with E-state index in [-0.39, 0.29) is 15.8 Å². The molecule has 2 aromatic rings. The second-order valence-electron chi connectivity index (χ2n) is 11.9. The third-order valence-corrected chi connectivity index (χ3v) is 14.5. The number of ether oxygens (including phenoxy) is 2. The largest absolute Gasteiger partial charge is 0.462 e. The van der Waals surface area contributed by atoms with E-state index in [2.05, 4.69) is 76.6 Å². The van der Waals surface area contributed by atoms with Crippen molar-refractivity contribution in [3.8, 4) is 0 Å². The molecule has 0 aliphatic heterocycles. The van der Waals surface area contributed by atoms with Crippen molar-refractivity contribution in [2.45, 2.75) is 67.3 Å². The van der Waals surface area contributed by atoms with Crippen molar-refractivity contribution in [1.29, 1.82) is 0 Å². The first-order valence-electron chi connectivity index (χ1n) is 14.1. The Labute approximate surface area is 247 Å². The number of carbonyl (C=O) groups is 2. The van der Waals surface area contributed by atoms with Gasteiger partial charge in [0.05, 0.1) is 32.2 Å². The average Bonchev–Trinajstić information content (AvgIpc) is 2.90. The number of carbonyl (C=O) groups excluding carboxylic acids is 2. The fourth-order valence-corrected chi connectivity index (χ4v) is 8.31. The maximum atomic E-state index is 12.8. The number of allylic oxidation sites excluding steroid dienone is 1. The molecule has 0 bridgehead atoms. The summed E-state index contributed by atoms with van der Waals surface area (Å²) in [5, 5.41) is 0. The first-order chi connectivity index (χ1) is 18.7. The van der Waals surface area contributed by atoms with Crippen molar-refractivity contribution in [2.75, 3.05) is 44.0 Å². The molecule has 2 rings (SSSR count). The van der Waals surface area contributed by atoms with Crippen LogP contribution >= 0.6 is 20.1 Å².